The third-order valence-corrected chi connectivity index (χ3v) is 4.13. The molecule has 0 aromatic heterocycles. The Bertz CT molecular complexity index is 544. The van der Waals surface area contributed by atoms with E-state index in [0.29, 0.717) is 12.0 Å². The van der Waals surface area contributed by atoms with Gasteiger partial charge in [0.05, 0.1) is 14.2 Å². The summed E-state index contributed by atoms with van der Waals surface area (Å²) in [6, 6.07) is 6.38. The highest BCUT2D eigenvalue weighted by atomic mass is 127. The molecular formula is C18H31IN4O2. The summed E-state index contributed by atoms with van der Waals surface area (Å²) in [4.78, 5) is 6.66. The second-order valence-electron chi connectivity index (χ2n) is 6.49. The Balaban J connectivity index is 0.00000312. The molecule has 1 aliphatic heterocycles. The summed E-state index contributed by atoms with van der Waals surface area (Å²) < 4.78 is 10.7. The Hall–Kier alpha value is -1.38. The summed E-state index contributed by atoms with van der Waals surface area (Å²) in [5.41, 5.74) is 1.13. The monoisotopic (exact) mass is 462 g/mol. The average molecular weight is 462 g/mol. The van der Waals surface area contributed by atoms with Gasteiger partial charge in [-0.1, -0.05) is 13.8 Å². The maximum atomic E-state index is 5.37. The molecule has 0 spiro atoms. The van der Waals surface area contributed by atoms with Crippen LogP contribution in [0.4, 0.5) is 5.69 Å². The number of hydrogen-bond donors (Lipinski definition) is 2. The SMILES string of the molecule is CN=C(NCC(C)C)NC1CCN(c2cc(OC)cc(OC)c2)C1.I. The van der Waals surface area contributed by atoms with Crippen molar-refractivity contribution in [1.29, 1.82) is 0 Å². The number of benzene rings is 1. The molecule has 142 valence electrons. The average Bonchev–Trinajstić information content (AvgIpc) is 3.06. The molecule has 25 heavy (non-hydrogen) atoms. The molecule has 1 aromatic rings. The van der Waals surface area contributed by atoms with Gasteiger partial charge in [-0.15, -0.1) is 24.0 Å². The molecular weight excluding hydrogens is 431 g/mol. The molecule has 6 nitrogen and oxygen atoms in total. The standard InChI is InChI=1S/C18H30N4O2.HI/c1-13(2)11-20-18(19-3)21-14-6-7-22(12-14)15-8-16(23-4)10-17(9-15)24-5;/h8-10,13-14H,6-7,11-12H2,1-5H3,(H2,19,20,21);1H. The van der Waals surface area contributed by atoms with E-state index in [1.54, 1.807) is 14.2 Å². The van der Waals surface area contributed by atoms with Crippen LogP contribution in [0.5, 0.6) is 11.5 Å². The first-order chi connectivity index (χ1) is 11.5. The van der Waals surface area contributed by atoms with Gasteiger partial charge in [-0.3, -0.25) is 4.99 Å². The van der Waals surface area contributed by atoms with Gasteiger partial charge in [0.15, 0.2) is 5.96 Å². The number of rotatable bonds is 6. The Labute approximate surface area is 168 Å². The van der Waals surface area contributed by atoms with Crippen molar-refractivity contribution in [2.75, 3.05) is 45.8 Å². The lowest BCUT2D eigenvalue weighted by molar-refractivity contribution is 0.394. The molecule has 1 aliphatic rings. The van der Waals surface area contributed by atoms with E-state index < -0.39 is 0 Å². The Morgan fingerprint density at radius 2 is 1.88 bits per heavy atom. The molecule has 2 N–H and O–H groups in total. The van der Waals surface area contributed by atoms with E-state index in [4.69, 9.17) is 9.47 Å². The van der Waals surface area contributed by atoms with E-state index in [1.807, 2.05) is 13.1 Å². The lowest BCUT2D eigenvalue weighted by atomic mass is 10.2. The van der Waals surface area contributed by atoms with Crippen molar-refractivity contribution in [3.63, 3.8) is 0 Å². The van der Waals surface area contributed by atoms with E-state index in [1.165, 1.54) is 0 Å². The number of guanidine groups is 1. The van der Waals surface area contributed by atoms with E-state index in [0.717, 1.165) is 49.2 Å². The summed E-state index contributed by atoms with van der Waals surface area (Å²) in [5, 5.41) is 6.88. The normalized spacial score (nSPS) is 17.3. The zero-order valence-corrected chi connectivity index (χ0v) is 18.2. The fourth-order valence-corrected chi connectivity index (χ4v) is 2.78. The van der Waals surface area contributed by atoms with E-state index >= 15 is 0 Å². The maximum Gasteiger partial charge on any atom is 0.191 e. The molecule has 1 atom stereocenters. The van der Waals surface area contributed by atoms with Crippen molar-refractivity contribution in [3.05, 3.63) is 18.2 Å². The van der Waals surface area contributed by atoms with E-state index in [2.05, 4.69) is 46.5 Å². The number of aliphatic imine (C=N–C) groups is 1. The molecule has 1 fully saturated rings. The van der Waals surface area contributed by atoms with Crippen molar-refractivity contribution < 1.29 is 9.47 Å². The van der Waals surface area contributed by atoms with Crippen LogP contribution < -0.4 is 25.0 Å². The van der Waals surface area contributed by atoms with Crippen molar-refractivity contribution in [1.82, 2.24) is 10.6 Å². The highest BCUT2D eigenvalue weighted by Gasteiger charge is 2.24. The third kappa shape index (κ3) is 6.45. The second-order valence-corrected chi connectivity index (χ2v) is 6.49. The van der Waals surface area contributed by atoms with Gasteiger partial charge in [-0.2, -0.15) is 0 Å². The van der Waals surface area contributed by atoms with Gasteiger partial charge in [-0.05, 0) is 12.3 Å². The molecule has 2 rings (SSSR count). The van der Waals surface area contributed by atoms with Crippen molar-refractivity contribution in [3.8, 4) is 11.5 Å². The van der Waals surface area contributed by atoms with Crippen LogP contribution in [0.2, 0.25) is 0 Å². The maximum absolute atomic E-state index is 5.37. The van der Waals surface area contributed by atoms with Crippen molar-refractivity contribution >= 4 is 35.6 Å². The van der Waals surface area contributed by atoms with Gasteiger partial charge in [0, 0.05) is 56.6 Å². The van der Waals surface area contributed by atoms with Crippen LogP contribution in [0.1, 0.15) is 20.3 Å². The van der Waals surface area contributed by atoms with Crippen molar-refractivity contribution in [2.45, 2.75) is 26.3 Å². The van der Waals surface area contributed by atoms with Crippen LogP contribution in [0, 0.1) is 5.92 Å². The summed E-state index contributed by atoms with van der Waals surface area (Å²) >= 11 is 0. The molecule has 1 heterocycles. The first-order valence-electron chi connectivity index (χ1n) is 8.51. The van der Waals surface area contributed by atoms with Crippen molar-refractivity contribution in [2.24, 2.45) is 10.9 Å². The lowest BCUT2D eigenvalue weighted by Gasteiger charge is -2.21. The Morgan fingerprint density at radius 3 is 2.40 bits per heavy atom. The molecule has 1 unspecified atom stereocenters. The molecule has 0 radical (unpaired) electrons. The second kappa shape index (κ2) is 10.6. The highest BCUT2D eigenvalue weighted by Crippen LogP contribution is 2.30. The predicted molar refractivity (Wildman–Crippen MR) is 115 cm³/mol. The van der Waals surface area contributed by atoms with Gasteiger partial charge in [-0.25, -0.2) is 0 Å². The summed E-state index contributed by atoms with van der Waals surface area (Å²) in [6.07, 6.45) is 1.07. The fourth-order valence-electron chi connectivity index (χ4n) is 2.78. The minimum atomic E-state index is 0. The Morgan fingerprint density at radius 1 is 1.24 bits per heavy atom. The first kappa shape index (κ1) is 21.7. The van der Waals surface area contributed by atoms with Crippen LogP contribution in [0.3, 0.4) is 0 Å². The number of anilines is 1. The number of hydrogen-bond acceptors (Lipinski definition) is 4. The van der Waals surface area contributed by atoms with Crippen LogP contribution in [0.25, 0.3) is 0 Å². The topological polar surface area (TPSA) is 58.1 Å². The number of halogens is 1. The van der Waals surface area contributed by atoms with Gasteiger partial charge in [0.2, 0.25) is 0 Å². The Kier molecular flexibility index (Phi) is 9.16. The predicted octanol–water partition coefficient (Wildman–Crippen LogP) is 2.72. The van der Waals surface area contributed by atoms with Gasteiger partial charge in [0.1, 0.15) is 11.5 Å². The van der Waals surface area contributed by atoms with Gasteiger partial charge >= 0.3 is 0 Å². The number of methoxy groups -OCH3 is 2. The molecule has 0 bridgehead atoms. The largest absolute Gasteiger partial charge is 0.497 e. The number of ether oxygens (including phenoxy) is 2. The van der Waals surface area contributed by atoms with Gasteiger partial charge < -0.3 is 25.0 Å². The summed E-state index contributed by atoms with van der Waals surface area (Å²) in [5.74, 6) is 3.09. The van der Waals surface area contributed by atoms with Crippen LogP contribution in [0.15, 0.2) is 23.2 Å². The quantitative estimate of drug-likeness (QED) is 0.387. The molecule has 0 saturated carbocycles. The zero-order chi connectivity index (χ0) is 17.5. The highest BCUT2D eigenvalue weighted by molar-refractivity contribution is 14.0. The third-order valence-electron chi connectivity index (χ3n) is 4.13. The molecule has 1 saturated heterocycles. The minimum Gasteiger partial charge on any atom is -0.497 e. The fraction of sp³-hybridized carbons (Fsp3) is 0.611. The zero-order valence-electron chi connectivity index (χ0n) is 15.8. The minimum absolute atomic E-state index is 0. The first-order valence-corrected chi connectivity index (χ1v) is 8.51. The number of nitrogens with zero attached hydrogens (tertiary/aromatic N) is 2. The molecule has 7 heteroatoms. The summed E-state index contributed by atoms with van der Waals surface area (Å²) in [6.45, 7) is 7.22. The van der Waals surface area contributed by atoms with E-state index in [-0.39, 0.29) is 24.0 Å². The molecule has 1 aromatic carbocycles. The number of nitrogens with one attached hydrogen (secondary N) is 2. The lowest BCUT2D eigenvalue weighted by Crippen LogP contribution is -2.45. The summed E-state index contributed by atoms with van der Waals surface area (Å²) in [7, 11) is 5.17. The van der Waals surface area contributed by atoms with E-state index in [9.17, 15) is 0 Å². The van der Waals surface area contributed by atoms with Crippen LogP contribution in [-0.4, -0.2) is 52.9 Å². The van der Waals surface area contributed by atoms with Crippen LogP contribution in [-0.2, 0) is 0 Å². The smallest absolute Gasteiger partial charge is 0.191 e. The molecule has 0 amide bonds. The van der Waals surface area contributed by atoms with Crippen LogP contribution >= 0.6 is 24.0 Å². The molecule has 0 aliphatic carbocycles. The van der Waals surface area contributed by atoms with Gasteiger partial charge in [0.25, 0.3) is 0 Å².